The van der Waals surface area contributed by atoms with Crippen LogP contribution in [0, 0.1) is 5.92 Å². The summed E-state index contributed by atoms with van der Waals surface area (Å²) in [7, 11) is -3.54. The van der Waals surface area contributed by atoms with Gasteiger partial charge < -0.3 is 5.32 Å². The largest absolute Gasteiger partial charge is 0.300 e. The molecule has 1 aromatic heterocycles. The third kappa shape index (κ3) is 5.48. The number of hydrogen-bond donors (Lipinski definition) is 1. The van der Waals surface area contributed by atoms with Crippen LogP contribution in [-0.2, 0) is 20.6 Å². The fourth-order valence-corrected chi connectivity index (χ4v) is 5.96. The zero-order valence-corrected chi connectivity index (χ0v) is 19.0. The van der Waals surface area contributed by atoms with Crippen molar-refractivity contribution in [3.63, 3.8) is 0 Å². The number of amides is 1. The fourth-order valence-electron chi connectivity index (χ4n) is 3.47. The summed E-state index contributed by atoms with van der Waals surface area (Å²) in [6.07, 6.45) is 1.26. The van der Waals surface area contributed by atoms with Gasteiger partial charge in [-0.1, -0.05) is 65.4 Å². The van der Waals surface area contributed by atoms with Gasteiger partial charge in [-0.05, 0) is 30.5 Å². The van der Waals surface area contributed by atoms with Gasteiger partial charge in [-0.25, -0.2) is 12.7 Å². The zero-order valence-electron chi connectivity index (χ0n) is 16.6. The first-order chi connectivity index (χ1) is 14.9. The number of piperidine rings is 1. The van der Waals surface area contributed by atoms with Crippen molar-refractivity contribution in [3.05, 3.63) is 65.2 Å². The average molecular weight is 477 g/mol. The van der Waals surface area contributed by atoms with Gasteiger partial charge in [-0.15, -0.1) is 10.2 Å². The number of anilines is 1. The van der Waals surface area contributed by atoms with Crippen LogP contribution in [0.2, 0.25) is 5.02 Å². The maximum Gasteiger partial charge on any atom is 0.230 e. The van der Waals surface area contributed by atoms with Gasteiger partial charge in [0.05, 0.1) is 11.7 Å². The molecule has 0 aliphatic carbocycles. The van der Waals surface area contributed by atoms with E-state index in [2.05, 4.69) is 15.5 Å². The number of carbonyl (C=O) groups excluding carboxylic acids is 1. The normalized spacial score (nSPS) is 17.4. The Kier molecular flexibility index (Phi) is 6.66. The molecule has 3 aromatic rings. The molecule has 1 N–H and O–H groups in total. The van der Waals surface area contributed by atoms with Crippen LogP contribution in [-0.4, -0.2) is 41.9 Å². The van der Waals surface area contributed by atoms with Gasteiger partial charge in [0.15, 0.2) is 0 Å². The Labute approximate surface area is 190 Å². The Bertz CT molecular complexity index is 1150. The van der Waals surface area contributed by atoms with Crippen molar-refractivity contribution in [2.24, 2.45) is 5.92 Å². The monoisotopic (exact) mass is 476 g/mol. The quantitative estimate of drug-likeness (QED) is 0.579. The maximum atomic E-state index is 12.9. The molecule has 1 atom stereocenters. The molecular formula is C21H21ClN4O3S2. The number of hydrogen-bond acceptors (Lipinski definition) is 6. The number of aromatic nitrogens is 2. The lowest BCUT2D eigenvalue weighted by Crippen LogP contribution is -2.44. The highest BCUT2D eigenvalue weighted by Gasteiger charge is 2.32. The van der Waals surface area contributed by atoms with E-state index in [1.165, 1.54) is 15.6 Å². The fraction of sp³-hybridized carbons (Fsp3) is 0.286. The highest BCUT2D eigenvalue weighted by molar-refractivity contribution is 7.88. The third-order valence-electron chi connectivity index (χ3n) is 5.09. The number of carbonyl (C=O) groups is 1. The van der Waals surface area contributed by atoms with Crippen molar-refractivity contribution in [2.45, 2.75) is 18.6 Å². The summed E-state index contributed by atoms with van der Waals surface area (Å²) in [5.74, 6) is -0.782. The van der Waals surface area contributed by atoms with Crippen LogP contribution in [0.1, 0.15) is 18.4 Å². The molecule has 7 nitrogen and oxygen atoms in total. The van der Waals surface area contributed by atoms with Gasteiger partial charge in [0, 0.05) is 23.7 Å². The van der Waals surface area contributed by atoms with Gasteiger partial charge in [0.25, 0.3) is 0 Å². The molecule has 0 radical (unpaired) electrons. The number of nitrogens with one attached hydrogen (secondary N) is 1. The first-order valence-electron chi connectivity index (χ1n) is 9.83. The van der Waals surface area contributed by atoms with E-state index in [4.69, 9.17) is 11.6 Å². The predicted octanol–water partition coefficient (Wildman–Crippen LogP) is 4.04. The SMILES string of the molecule is O=C(Nc1nnc(-c2ccccc2)s1)C1CCCN(S(=O)(=O)Cc2ccc(Cl)cc2)C1. The highest BCUT2D eigenvalue weighted by atomic mass is 35.5. The van der Waals surface area contributed by atoms with Crippen LogP contribution in [0.15, 0.2) is 54.6 Å². The molecule has 1 fully saturated rings. The summed E-state index contributed by atoms with van der Waals surface area (Å²) in [5, 5.41) is 12.7. The lowest BCUT2D eigenvalue weighted by atomic mass is 9.99. The van der Waals surface area contributed by atoms with E-state index in [0.717, 1.165) is 5.56 Å². The number of sulfonamides is 1. The van der Waals surface area contributed by atoms with E-state index in [0.29, 0.717) is 40.1 Å². The minimum absolute atomic E-state index is 0.116. The molecule has 162 valence electrons. The molecule has 4 rings (SSSR count). The van der Waals surface area contributed by atoms with Crippen LogP contribution in [0.5, 0.6) is 0 Å². The van der Waals surface area contributed by atoms with E-state index in [-0.39, 0.29) is 18.2 Å². The van der Waals surface area contributed by atoms with Crippen LogP contribution < -0.4 is 5.32 Å². The number of halogens is 1. The van der Waals surface area contributed by atoms with E-state index in [1.807, 2.05) is 30.3 Å². The van der Waals surface area contributed by atoms with Crippen LogP contribution in [0.4, 0.5) is 5.13 Å². The molecule has 1 aliphatic rings. The molecule has 1 aliphatic heterocycles. The van der Waals surface area contributed by atoms with E-state index < -0.39 is 15.9 Å². The van der Waals surface area contributed by atoms with Gasteiger partial charge in [-0.3, -0.25) is 4.79 Å². The molecule has 0 saturated carbocycles. The second-order valence-corrected chi connectivity index (χ2v) is 10.7. The average Bonchev–Trinajstić information content (AvgIpc) is 3.24. The van der Waals surface area contributed by atoms with Gasteiger partial charge >= 0.3 is 0 Å². The van der Waals surface area contributed by atoms with Crippen molar-refractivity contribution in [1.29, 1.82) is 0 Å². The Morgan fingerprint density at radius 1 is 1.13 bits per heavy atom. The van der Waals surface area contributed by atoms with Crippen molar-refractivity contribution < 1.29 is 13.2 Å². The lowest BCUT2D eigenvalue weighted by Gasteiger charge is -2.31. The van der Waals surface area contributed by atoms with Crippen LogP contribution in [0.3, 0.4) is 0 Å². The molecular weight excluding hydrogens is 456 g/mol. The molecule has 10 heteroatoms. The van der Waals surface area contributed by atoms with Crippen molar-refractivity contribution in [1.82, 2.24) is 14.5 Å². The van der Waals surface area contributed by atoms with Crippen LogP contribution >= 0.6 is 22.9 Å². The Morgan fingerprint density at radius 3 is 2.61 bits per heavy atom. The summed E-state index contributed by atoms with van der Waals surface area (Å²) in [6, 6.07) is 16.3. The first kappa shape index (κ1) is 21.9. The van der Waals surface area contributed by atoms with E-state index in [9.17, 15) is 13.2 Å². The summed E-state index contributed by atoms with van der Waals surface area (Å²) in [4.78, 5) is 12.8. The molecule has 2 heterocycles. The number of rotatable bonds is 6. The van der Waals surface area contributed by atoms with Crippen LogP contribution in [0.25, 0.3) is 10.6 Å². The van der Waals surface area contributed by atoms with Crippen molar-refractivity contribution in [2.75, 3.05) is 18.4 Å². The number of benzene rings is 2. The lowest BCUT2D eigenvalue weighted by molar-refractivity contribution is -0.120. The Morgan fingerprint density at radius 2 is 1.87 bits per heavy atom. The Balaban J connectivity index is 1.39. The third-order valence-corrected chi connectivity index (χ3v) is 8.04. The molecule has 0 bridgehead atoms. The number of nitrogens with zero attached hydrogens (tertiary/aromatic N) is 3. The minimum Gasteiger partial charge on any atom is -0.300 e. The minimum atomic E-state index is -3.54. The summed E-state index contributed by atoms with van der Waals surface area (Å²) < 4.78 is 27.1. The second-order valence-electron chi connectivity index (χ2n) is 7.35. The molecule has 1 saturated heterocycles. The maximum absolute atomic E-state index is 12.9. The van der Waals surface area contributed by atoms with E-state index in [1.54, 1.807) is 24.3 Å². The predicted molar refractivity (Wildman–Crippen MR) is 122 cm³/mol. The standard InChI is InChI=1S/C21H21ClN4O3S2/c22-18-10-8-15(9-11-18)14-31(28,29)26-12-4-7-17(13-26)19(27)23-21-25-24-20(30-21)16-5-2-1-3-6-16/h1-3,5-6,8-11,17H,4,7,12-14H2,(H,23,25,27). The van der Waals surface area contributed by atoms with Gasteiger partial charge in [-0.2, -0.15) is 0 Å². The smallest absolute Gasteiger partial charge is 0.230 e. The van der Waals surface area contributed by atoms with Crippen molar-refractivity contribution in [3.8, 4) is 10.6 Å². The second kappa shape index (κ2) is 9.44. The zero-order chi connectivity index (χ0) is 21.8. The summed E-state index contributed by atoms with van der Waals surface area (Å²) in [5.41, 5.74) is 1.59. The van der Waals surface area contributed by atoms with E-state index >= 15 is 0 Å². The molecule has 0 spiro atoms. The highest BCUT2D eigenvalue weighted by Crippen LogP contribution is 2.28. The molecule has 1 unspecified atom stereocenters. The topological polar surface area (TPSA) is 92.3 Å². The van der Waals surface area contributed by atoms with Gasteiger partial charge in [0.1, 0.15) is 5.01 Å². The summed E-state index contributed by atoms with van der Waals surface area (Å²) >= 11 is 7.17. The first-order valence-corrected chi connectivity index (χ1v) is 12.6. The molecule has 31 heavy (non-hydrogen) atoms. The molecule has 1 amide bonds. The van der Waals surface area contributed by atoms with Gasteiger partial charge in [0.2, 0.25) is 21.1 Å². The molecule has 2 aromatic carbocycles. The van der Waals surface area contributed by atoms with Crippen molar-refractivity contribution >= 4 is 44.0 Å². The summed E-state index contributed by atoms with van der Waals surface area (Å²) in [6.45, 7) is 0.572. The Hall–Kier alpha value is -2.33.